The summed E-state index contributed by atoms with van der Waals surface area (Å²) in [5.41, 5.74) is 5.31. The smallest absolute Gasteiger partial charge is 0.272 e. The first-order chi connectivity index (χ1) is 11.2. The van der Waals surface area contributed by atoms with Crippen LogP contribution in [0.5, 0.6) is 0 Å². The maximum Gasteiger partial charge on any atom is 0.272 e. The summed E-state index contributed by atoms with van der Waals surface area (Å²) in [6, 6.07) is 6.25. The van der Waals surface area contributed by atoms with Crippen LogP contribution in [0.4, 0.5) is 0 Å². The Morgan fingerprint density at radius 1 is 1.21 bits per heavy atom. The van der Waals surface area contributed by atoms with Crippen molar-refractivity contribution in [2.75, 3.05) is 0 Å². The van der Waals surface area contributed by atoms with Crippen LogP contribution >= 0.6 is 0 Å². The van der Waals surface area contributed by atoms with E-state index in [2.05, 4.69) is 22.4 Å². The number of allylic oxidation sites excluding steroid dienone is 3. The van der Waals surface area contributed by atoms with Gasteiger partial charge >= 0.3 is 0 Å². The van der Waals surface area contributed by atoms with E-state index in [1.165, 1.54) is 22.9 Å². The summed E-state index contributed by atoms with van der Waals surface area (Å²) in [6.45, 7) is 7.84. The van der Waals surface area contributed by atoms with Gasteiger partial charge in [0.2, 0.25) is 0 Å². The highest BCUT2D eigenvalue weighted by atomic mass is 16.1. The van der Waals surface area contributed by atoms with Crippen LogP contribution in [0.1, 0.15) is 63.2 Å². The standard InChI is InChI=1S/C18H20N2O.C2H6.CH4/c1-3-6-13(4-2)19-18(21)17-11-15-14-8-5-7-12(14)9-10-16(15)20-17;1-2;/h3-4,6,9-11,20H,5,7-8H2,1-2H3,(H,19,21);1-2H3;1H4/b6-3-,13-4+;;. The fourth-order valence-electron chi connectivity index (χ4n) is 3.00. The van der Waals surface area contributed by atoms with Gasteiger partial charge in [-0.1, -0.05) is 39.5 Å². The van der Waals surface area contributed by atoms with Crippen molar-refractivity contribution >= 4 is 16.8 Å². The van der Waals surface area contributed by atoms with Crippen molar-refractivity contribution in [2.24, 2.45) is 0 Å². The molecule has 0 fully saturated rings. The lowest BCUT2D eigenvalue weighted by Crippen LogP contribution is -2.22. The van der Waals surface area contributed by atoms with Crippen molar-refractivity contribution in [2.45, 2.75) is 54.4 Å². The molecule has 3 rings (SSSR count). The molecule has 2 N–H and O–H groups in total. The lowest BCUT2D eigenvalue weighted by molar-refractivity contribution is 0.0963. The van der Waals surface area contributed by atoms with E-state index in [-0.39, 0.29) is 13.3 Å². The molecule has 1 aromatic heterocycles. The number of H-pyrrole nitrogens is 1. The van der Waals surface area contributed by atoms with Gasteiger partial charge in [-0.2, -0.15) is 0 Å². The molecular formula is C21H30N2O. The Morgan fingerprint density at radius 2 is 1.96 bits per heavy atom. The predicted octanol–water partition coefficient (Wildman–Crippen LogP) is 5.53. The summed E-state index contributed by atoms with van der Waals surface area (Å²) < 4.78 is 0. The van der Waals surface area contributed by atoms with Gasteiger partial charge < -0.3 is 10.3 Å². The molecule has 1 aliphatic rings. The molecule has 0 saturated heterocycles. The highest BCUT2D eigenvalue weighted by Crippen LogP contribution is 2.30. The van der Waals surface area contributed by atoms with Gasteiger partial charge in [-0.3, -0.25) is 4.79 Å². The van der Waals surface area contributed by atoms with Crippen molar-refractivity contribution < 1.29 is 4.79 Å². The number of aromatic amines is 1. The SMILES string of the molecule is C.C/C=C\C(=C/C)NC(=O)c1cc2c3c(ccc2[nH]1)CCC3.CC. The molecule has 3 nitrogen and oxygen atoms in total. The van der Waals surface area contributed by atoms with Crippen LogP contribution < -0.4 is 5.32 Å². The Kier molecular flexibility index (Phi) is 7.50. The maximum absolute atomic E-state index is 12.3. The minimum absolute atomic E-state index is 0. The molecular weight excluding hydrogens is 296 g/mol. The molecule has 0 spiro atoms. The fourth-order valence-corrected chi connectivity index (χ4v) is 3.00. The van der Waals surface area contributed by atoms with Crippen molar-refractivity contribution in [1.82, 2.24) is 10.3 Å². The molecule has 1 aliphatic carbocycles. The van der Waals surface area contributed by atoms with E-state index in [0.717, 1.165) is 24.1 Å². The second-order valence-corrected chi connectivity index (χ2v) is 5.40. The van der Waals surface area contributed by atoms with E-state index in [4.69, 9.17) is 0 Å². The zero-order valence-corrected chi connectivity index (χ0v) is 14.5. The number of amides is 1. The molecule has 0 radical (unpaired) electrons. The van der Waals surface area contributed by atoms with Gasteiger partial charge in [0.05, 0.1) is 0 Å². The van der Waals surface area contributed by atoms with Crippen LogP contribution in [0.15, 0.2) is 42.1 Å². The van der Waals surface area contributed by atoms with Crippen LogP contribution in [-0.4, -0.2) is 10.9 Å². The van der Waals surface area contributed by atoms with Gasteiger partial charge in [-0.15, -0.1) is 0 Å². The molecule has 2 aromatic rings. The highest BCUT2D eigenvalue weighted by molar-refractivity contribution is 6.00. The number of hydrogen-bond acceptors (Lipinski definition) is 1. The molecule has 130 valence electrons. The number of benzene rings is 1. The van der Waals surface area contributed by atoms with E-state index in [0.29, 0.717) is 5.69 Å². The average Bonchev–Trinajstić information content (AvgIpc) is 3.21. The number of fused-ring (bicyclic) bond motifs is 3. The second-order valence-electron chi connectivity index (χ2n) is 5.40. The van der Waals surface area contributed by atoms with Crippen molar-refractivity contribution in [3.8, 4) is 0 Å². The molecule has 1 amide bonds. The van der Waals surface area contributed by atoms with E-state index < -0.39 is 0 Å². The fraction of sp³-hybridized carbons (Fsp3) is 0.381. The molecule has 1 heterocycles. The number of aromatic nitrogens is 1. The van der Waals surface area contributed by atoms with Gasteiger partial charge in [-0.05, 0) is 62.4 Å². The Hall–Kier alpha value is -2.29. The minimum atomic E-state index is -0.0934. The topological polar surface area (TPSA) is 44.9 Å². The van der Waals surface area contributed by atoms with Crippen molar-refractivity contribution in [3.63, 3.8) is 0 Å². The summed E-state index contributed by atoms with van der Waals surface area (Å²) in [6.07, 6.45) is 9.17. The number of carbonyl (C=O) groups excluding carboxylic acids is 1. The molecule has 3 heteroatoms. The average molecular weight is 326 g/mol. The summed E-state index contributed by atoms with van der Waals surface area (Å²) in [7, 11) is 0. The van der Waals surface area contributed by atoms with Gasteiger partial charge in [0.25, 0.3) is 5.91 Å². The molecule has 0 bridgehead atoms. The van der Waals surface area contributed by atoms with Gasteiger partial charge in [0.15, 0.2) is 0 Å². The van der Waals surface area contributed by atoms with E-state index >= 15 is 0 Å². The number of nitrogens with one attached hydrogen (secondary N) is 2. The van der Waals surface area contributed by atoms with Crippen LogP contribution in [0.2, 0.25) is 0 Å². The molecule has 0 aliphatic heterocycles. The molecule has 0 saturated carbocycles. The van der Waals surface area contributed by atoms with Gasteiger partial charge in [0, 0.05) is 16.6 Å². The third kappa shape index (κ3) is 3.97. The third-order valence-electron chi connectivity index (χ3n) is 4.04. The monoisotopic (exact) mass is 326 g/mol. The number of hydrogen-bond donors (Lipinski definition) is 2. The van der Waals surface area contributed by atoms with E-state index in [1.807, 2.05) is 52.0 Å². The second kappa shape index (κ2) is 9.11. The molecule has 24 heavy (non-hydrogen) atoms. The predicted molar refractivity (Wildman–Crippen MR) is 104 cm³/mol. The lowest BCUT2D eigenvalue weighted by atomic mass is 10.1. The van der Waals surface area contributed by atoms with E-state index in [9.17, 15) is 4.79 Å². The third-order valence-corrected chi connectivity index (χ3v) is 4.04. The zero-order valence-electron chi connectivity index (χ0n) is 14.5. The Labute approximate surface area is 145 Å². The molecule has 0 atom stereocenters. The first-order valence-corrected chi connectivity index (χ1v) is 8.46. The summed E-state index contributed by atoms with van der Waals surface area (Å²) in [4.78, 5) is 15.6. The Morgan fingerprint density at radius 3 is 2.62 bits per heavy atom. The van der Waals surface area contributed by atoms with Crippen LogP contribution in [-0.2, 0) is 12.8 Å². The van der Waals surface area contributed by atoms with E-state index in [1.54, 1.807) is 0 Å². The summed E-state index contributed by atoms with van der Waals surface area (Å²) >= 11 is 0. The first-order valence-electron chi connectivity index (χ1n) is 8.46. The quantitative estimate of drug-likeness (QED) is 0.716. The Bertz CT molecular complexity index is 751. The highest BCUT2D eigenvalue weighted by Gasteiger charge is 2.17. The summed E-state index contributed by atoms with van der Waals surface area (Å²) in [5.74, 6) is -0.0934. The largest absolute Gasteiger partial charge is 0.351 e. The maximum atomic E-state index is 12.3. The lowest BCUT2D eigenvalue weighted by Gasteiger charge is -2.03. The van der Waals surface area contributed by atoms with Crippen LogP contribution in [0.25, 0.3) is 10.9 Å². The first kappa shape index (κ1) is 19.8. The number of carbonyl (C=O) groups is 1. The van der Waals surface area contributed by atoms with Gasteiger partial charge in [-0.25, -0.2) is 0 Å². The zero-order chi connectivity index (χ0) is 16.8. The van der Waals surface area contributed by atoms with Crippen LogP contribution in [0, 0.1) is 0 Å². The van der Waals surface area contributed by atoms with Gasteiger partial charge in [0.1, 0.15) is 5.69 Å². The normalized spacial score (nSPS) is 13.2. The summed E-state index contributed by atoms with van der Waals surface area (Å²) in [5, 5.41) is 4.11. The Balaban J connectivity index is 0.000000925. The number of rotatable bonds is 3. The molecule has 1 aromatic carbocycles. The minimum Gasteiger partial charge on any atom is -0.351 e. The molecule has 0 unspecified atom stereocenters. The van der Waals surface area contributed by atoms with Crippen LogP contribution in [0.3, 0.4) is 0 Å². The van der Waals surface area contributed by atoms with Crippen molar-refractivity contribution in [1.29, 1.82) is 0 Å². The number of aryl methyl sites for hydroxylation is 2. The van der Waals surface area contributed by atoms with Crippen molar-refractivity contribution in [3.05, 3.63) is 58.9 Å².